The highest BCUT2D eigenvalue weighted by atomic mass is 32.2. The van der Waals surface area contributed by atoms with Gasteiger partial charge in [-0.05, 0) is 19.1 Å². The predicted molar refractivity (Wildman–Crippen MR) is 71.1 cm³/mol. The molecule has 88 valence electrons. The van der Waals surface area contributed by atoms with Gasteiger partial charge in [0.1, 0.15) is 0 Å². The maximum Gasteiger partial charge on any atom is 0.0162 e. The van der Waals surface area contributed by atoms with Gasteiger partial charge in [-0.2, -0.15) is 0 Å². The molecule has 2 nitrogen and oxygen atoms in total. The molecule has 1 aromatic rings. The van der Waals surface area contributed by atoms with Gasteiger partial charge < -0.3 is 5.32 Å². The number of nitrogens with zero attached hydrogens (tertiary/aromatic N) is 1. The van der Waals surface area contributed by atoms with Crippen LogP contribution in [0.3, 0.4) is 0 Å². The van der Waals surface area contributed by atoms with Gasteiger partial charge in [-0.25, -0.2) is 0 Å². The van der Waals surface area contributed by atoms with Crippen LogP contribution in [0, 0.1) is 0 Å². The molecule has 0 amide bonds. The van der Waals surface area contributed by atoms with E-state index in [1.54, 1.807) is 0 Å². The second kappa shape index (κ2) is 6.28. The standard InChI is InChI=1S/C13H20N2S/c1-12(15-9-7-14-8-10-15)11-16-13-5-3-2-4-6-13/h2-6,12,14H,7-11H2,1H3. The average molecular weight is 236 g/mol. The van der Waals surface area contributed by atoms with Crippen molar-refractivity contribution in [2.75, 3.05) is 31.9 Å². The Bertz CT molecular complexity index is 296. The molecule has 16 heavy (non-hydrogen) atoms. The lowest BCUT2D eigenvalue weighted by molar-refractivity contribution is 0.198. The molecule has 0 bridgehead atoms. The number of rotatable bonds is 4. The quantitative estimate of drug-likeness (QED) is 0.806. The summed E-state index contributed by atoms with van der Waals surface area (Å²) in [4.78, 5) is 3.95. The highest BCUT2D eigenvalue weighted by Crippen LogP contribution is 2.19. The van der Waals surface area contributed by atoms with Crippen LogP contribution in [0.15, 0.2) is 35.2 Å². The summed E-state index contributed by atoms with van der Waals surface area (Å²) in [6, 6.07) is 11.3. The van der Waals surface area contributed by atoms with Crippen molar-refractivity contribution in [2.45, 2.75) is 17.9 Å². The topological polar surface area (TPSA) is 15.3 Å². The van der Waals surface area contributed by atoms with Crippen molar-refractivity contribution in [2.24, 2.45) is 0 Å². The zero-order valence-corrected chi connectivity index (χ0v) is 10.7. The molecule has 1 aromatic carbocycles. The minimum Gasteiger partial charge on any atom is -0.314 e. The van der Waals surface area contributed by atoms with Gasteiger partial charge in [0.2, 0.25) is 0 Å². The van der Waals surface area contributed by atoms with Crippen LogP contribution in [0.4, 0.5) is 0 Å². The molecule has 0 saturated carbocycles. The molecule has 0 spiro atoms. The Morgan fingerprint density at radius 1 is 1.25 bits per heavy atom. The first kappa shape index (κ1) is 12.0. The zero-order valence-electron chi connectivity index (χ0n) is 9.86. The van der Waals surface area contributed by atoms with E-state index in [4.69, 9.17) is 0 Å². The van der Waals surface area contributed by atoms with Gasteiger partial charge in [-0.3, -0.25) is 4.90 Å². The lowest BCUT2D eigenvalue weighted by atomic mass is 10.3. The molecule has 1 unspecified atom stereocenters. The van der Waals surface area contributed by atoms with E-state index in [1.807, 2.05) is 11.8 Å². The first-order valence-electron chi connectivity index (χ1n) is 5.99. The van der Waals surface area contributed by atoms with E-state index >= 15 is 0 Å². The van der Waals surface area contributed by atoms with Gasteiger partial charge in [-0.1, -0.05) is 18.2 Å². The molecule has 1 N–H and O–H groups in total. The van der Waals surface area contributed by atoms with Gasteiger partial charge in [0.25, 0.3) is 0 Å². The summed E-state index contributed by atoms with van der Waals surface area (Å²) in [6.07, 6.45) is 0. The molecule has 1 aliphatic rings. The molecule has 1 fully saturated rings. The first-order chi connectivity index (χ1) is 7.86. The normalized spacial score (nSPS) is 19.6. The molecule has 3 heteroatoms. The number of hydrogen-bond acceptors (Lipinski definition) is 3. The fourth-order valence-corrected chi connectivity index (χ4v) is 2.96. The van der Waals surface area contributed by atoms with Crippen molar-refractivity contribution < 1.29 is 0 Å². The minimum absolute atomic E-state index is 0.673. The third-order valence-electron chi connectivity index (χ3n) is 3.01. The molecular weight excluding hydrogens is 216 g/mol. The van der Waals surface area contributed by atoms with Crippen molar-refractivity contribution >= 4 is 11.8 Å². The van der Waals surface area contributed by atoms with E-state index in [9.17, 15) is 0 Å². The molecule has 0 radical (unpaired) electrons. The van der Waals surface area contributed by atoms with Crippen LogP contribution < -0.4 is 5.32 Å². The number of thioether (sulfide) groups is 1. The van der Waals surface area contributed by atoms with E-state index in [0.29, 0.717) is 6.04 Å². The number of hydrogen-bond donors (Lipinski definition) is 1. The van der Waals surface area contributed by atoms with Crippen LogP contribution in [-0.2, 0) is 0 Å². The Hall–Kier alpha value is -0.510. The Balaban J connectivity index is 1.76. The second-order valence-corrected chi connectivity index (χ2v) is 5.35. The summed E-state index contributed by atoms with van der Waals surface area (Å²) in [6.45, 7) is 7.00. The summed E-state index contributed by atoms with van der Waals surface area (Å²) in [5.74, 6) is 1.18. The third kappa shape index (κ3) is 3.51. The summed E-state index contributed by atoms with van der Waals surface area (Å²) < 4.78 is 0. The van der Waals surface area contributed by atoms with Crippen LogP contribution in [0.5, 0.6) is 0 Å². The number of piperazine rings is 1. The SMILES string of the molecule is CC(CSc1ccccc1)N1CCNCC1. The molecule has 0 aromatic heterocycles. The Kier molecular flexibility index (Phi) is 4.69. The largest absolute Gasteiger partial charge is 0.314 e. The zero-order chi connectivity index (χ0) is 11.2. The summed E-state index contributed by atoms with van der Waals surface area (Å²) in [5.41, 5.74) is 0. The molecule has 1 aliphatic heterocycles. The van der Waals surface area contributed by atoms with Gasteiger partial charge in [-0.15, -0.1) is 11.8 Å². The highest BCUT2D eigenvalue weighted by Gasteiger charge is 2.15. The third-order valence-corrected chi connectivity index (χ3v) is 4.26. The van der Waals surface area contributed by atoms with Crippen LogP contribution in [0.1, 0.15) is 6.92 Å². The van der Waals surface area contributed by atoms with E-state index in [1.165, 1.54) is 23.7 Å². The van der Waals surface area contributed by atoms with Gasteiger partial charge in [0, 0.05) is 42.9 Å². The van der Waals surface area contributed by atoms with Crippen molar-refractivity contribution in [3.05, 3.63) is 30.3 Å². The van der Waals surface area contributed by atoms with Gasteiger partial charge >= 0.3 is 0 Å². The maximum absolute atomic E-state index is 3.39. The predicted octanol–water partition coefficient (Wildman–Crippen LogP) is 2.07. The Morgan fingerprint density at radius 2 is 1.94 bits per heavy atom. The molecule has 0 aliphatic carbocycles. The lowest BCUT2D eigenvalue weighted by Crippen LogP contribution is -2.48. The molecule has 1 heterocycles. The fraction of sp³-hybridized carbons (Fsp3) is 0.538. The molecular formula is C13H20N2S. The fourth-order valence-electron chi connectivity index (χ4n) is 1.96. The number of benzene rings is 1. The highest BCUT2D eigenvalue weighted by molar-refractivity contribution is 7.99. The summed E-state index contributed by atoms with van der Waals surface area (Å²) in [7, 11) is 0. The van der Waals surface area contributed by atoms with Crippen molar-refractivity contribution in [1.29, 1.82) is 0 Å². The van der Waals surface area contributed by atoms with E-state index < -0.39 is 0 Å². The smallest absolute Gasteiger partial charge is 0.0162 e. The van der Waals surface area contributed by atoms with Crippen molar-refractivity contribution in [3.63, 3.8) is 0 Å². The Labute approximate surface area is 102 Å². The van der Waals surface area contributed by atoms with E-state index in [2.05, 4.69) is 47.5 Å². The second-order valence-electron chi connectivity index (χ2n) is 4.26. The Morgan fingerprint density at radius 3 is 2.62 bits per heavy atom. The summed E-state index contributed by atoms with van der Waals surface area (Å²) in [5, 5.41) is 3.39. The van der Waals surface area contributed by atoms with Crippen LogP contribution in [0.25, 0.3) is 0 Å². The van der Waals surface area contributed by atoms with Crippen LogP contribution in [-0.4, -0.2) is 42.9 Å². The summed E-state index contributed by atoms with van der Waals surface area (Å²) >= 11 is 1.96. The lowest BCUT2D eigenvalue weighted by Gasteiger charge is -2.32. The van der Waals surface area contributed by atoms with Crippen molar-refractivity contribution in [1.82, 2.24) is 10.2 Å². The van der Waals surface area contributed by atoms with Crippen molar-refractivity contribution in [3.8, 4) is 0 Å². The molecule has 1 saturated heterocycles. The first-order valence-corrected chi connectivity index (χ1v) is 6.97. The monoisotopic (exact) mass is 236 g/mol. The van der Waals surface area contributed by atoms with Gasteiger partial charge in [0.05, 0.1) is 0 Å². The van der Waals surface area contributed by atoms with Gasteiger partial charge in [0.15, 0.2) is 0 Å². The van der Waals surface area contributed by atoms with Crippen LogP contribution >= 0.6 is 11.8 Å². The maximum atomic E-state index is 3.39. The molecule has 1 atom stereocenters. The molecule has 2 rings (SSSR count). The van der Waals surface area contributed by atoms with E-state index in [-0.39, 0.29) is 0 Å². The van der Waals surface area contributed by atoms with Crippen LogP contribution in [0.2, 0.25) is 0 Å². The van der Waals surface area contributed by atoms with E-state index in [0.717, 1.165) is 13.1 Å². The minimum atomic E-state index is 0.673. The number of nitrogens with one attached hydrogen (secondary N) is 1. The average Bonchev–Trinajstić information content (AvgIpc) is 2.38.